The number of amides is 1. The van der Waals surface area contributed by atoms with Crippen molar-refractivity contribution in [3.63, 3.8) is 0 Å². The first-order valence-electron chi connectivity index (χ1n) is 6.30. The minimum atomic E-state index is -1.09. The van der Waals surface area contributed by atoms with Crippen molar-refractivity contribution in [3.8, 4) is 0 Å². The van der Waals surface area contributed by atoms with Crippen molar-refractivity contribution in [2.24, 2.45) is 0 Å². The molecule has 1 amide bonds. The van der Waals surface area contributed by atoms with Crippen LogP contribution < -0.4 is 0 Å². The molecule has 0 radical (unpaired) electrons. The minimum absolute atomic E-state index is 0.0556. The van der Waals surface area contributed by atoms with Crippen LogP contribution in [0.1, 0.15) is 26.3 Å². The van der Waals surface area contributed by atoms with E-state index < -0.39 is 5.97 Å². The molecule has 5 heteroatoms. The van der Waals surface area contributed by atoms with Crippen molar-refractivity contribution >= 4 is 11.9 Å². The van der Waals surface area contributed by atoms with Crippen LogP contribution >= 0.6 is 0 Å². The molecular weight excluding hydrogens is 273 g/mol. The fourth-order valence-corrected chi connectivity index (χ4v) is 1.99. The second-order valence-electron chi connectivity index (χ2n) is 4.68. The molecule has 2 aromatic rings. The highest BCUT2D eigenvalue weighted by atomic mass is 19.1. The van der Waals surface area contributed by atoms with Gasteiger partial charge in [-0.25, -0.2) is 9.18 Å². The molecule has 0 bridgehead atoms. The van der Waals surface area contributed by atoms with E-state index in [0.29, 0.717) is 5.56 Å². The zero-order chi connectivity index (χ0) is 15.4. The first-order valence-corrected chi connectivity index (χ1v) is 6.30. The van der Waals surface area contributed by atoms with Gasteiger partial charge in [0.2, 0.25) is 0 Å². The molecule has 2 aromatic carbocycles. The van der Waals surface area contributed by atoms with Gasteiger partial charge in [0, 0.05) is 19.2 Å². The first-order chi connectivity index (χ1) is 9.97. The van der Waals surface area contributed by atoms with Crippen LogP contribution in [0.15, 0.2) is 48.5 Å². The van der Waals surface area contributed by atoms with Gasteiger partial charge in [0.05, 0.1) is 5.56 Å². The number of rotatable bonds is 4. The number of carbonyl (C=O) groups is 2. The summed E-state index contributed by atoms with van der Waals surface area (Å²) in [4.78, 5) is 24.6. The van der Waals surface area contributed by atoms with E-state index in [0.717, 1.165) is 0 Å². The van der Waals surface area contributed by atoms with Crippen LogP contribution in [0, 0.1) is 5.82 Å². The Hall–Kier alpha value is -2.69. The lowest BCUT2D eigenvalue weighted by Gasteiger charge is -2.17. The molecule has 0 aliphatic carbocycles. The fourth-order valence-electron chi connectivity index (χ4n) is 1.99. The summed E-state index contributed by atoms with van der Waals surface area (Å²) in [5.41, 5.74) is 1.01. The average Bonchev–Trinajstić information content (AvgIpc) is 2.46. The monoisotopic (exact) mass is 287 g/mol. The Morgan fingerprint density at radius 2 is 1.76 bits per heavy atom. The van der Waals surface area contributed by atoms with Crippen molar-refractivity contribution in [2.45, 2.75) is 6.54 Å². The Labute approximate surface area is 121 Å². The topological polar surface area (TPSA) is 57.6 Å². The van der Waals surface area contributed by atoms with E-state index in [1.165, 1.54) is 35.2 Å². The first kappa shape index (κ1) is 14.7. The van der Waals surface area contributed by atoms with Crippen LogP contribution in [0.2, 0.25) is 0 Å². The van der Waals surface area contributed by atoms with Gasteiger partial charge in [-0.05, 0) is 35.9 Å². The summed E-state index contributed by atoms with van der Waals surface area (Å²) in [6.07, 6.45) is 0. The quantitative estimate of drug-likeness (QED) is 0.940. The standard InChI is InChI=1S/C16H14FNO3/c1-18(10-11-4-2-7-14(17)8-11)15(19)12-5-3-6-13(9-12)16(20)21/h2-9H,10H2,1H3,(H,20,21). The number of carbonyl (C=O) groups excluding carboxylic acids is 1. The van der Waals surface area contributed by atoms with Gasteiger partial charge in [0.15, 0.2) is 0 Å². The summed E-state index contributed by atoms with van der Waals surface area (Å²) in [6, 6.07) is 11.8. The van der Waals surface area contributed by atoms with Gasteiger partial charge in [0.1, 0.15) is 5.82 Å². The second kappa shape index (κ2) is 6.17. The number of aromatic carboxylic acids is 1. The van der Waals surface area contributed by atoms with Gasteiger partial charge >= 0.3 is 5.97 Å². The lowest BCUT2D eigenvalue weighted by atomic mass is 10.1. The van der Waals surface area contributed by atoms with Crippen molar-refractivity contribution in [2.75, 3.05) is 7.05 Å². The highest BCUT2D eigenvalue weighted by Gasteiger charge is 2.14. The maximum Gasteiger partial charge on any atom is 0.335 e. The molecule has 0 atom stereocenters. The van der Waals surface area contributed by atoms with Crippen molar-refractivity contribution in [1.82, 2.24) is 4.90 Å². The minimum Gasteiger partial charge on any atom is -0.478 e. The Balaban J connectivity index is 2.15. The van der Waals surface area contributed by atoms with Gasteiger partial charge in [0.25, 0.3) is 5.91 Å². The maximum absolute atomic E-state index is 13.1. The Bertz CT molecular complexity index is 685. The SMILES string of the molecule is CN(Cc1cccc(F)c1)C(=O)c1cccc(C(=O)O)c1. The highest BCUT2D eigenvalue weighted by molar-refractivity contribution is 5.97. The normalized spacial score (nSPS) is 10.2. The predicted octanol–water partition coefficient (Wildman–Crippen LogP) is 2.80. The van der Waals surface area contributed by atoms with Gasteiger partial charge in [-0.15, -0.1) is 0 Å². The Morgan fingerprint density at radius 1 is 1.10 bits per heavy atom. The molecule has 0 aliphatic heterocycles. The zero-order valence-electron chi connectivity index (χ0n) is 11.4. The number of hydrogen-bond donors (Lipinski definition) is 1. The van der Waals surface area contributed by atoms with Gasteiger partial charge in [-0.1, -0.05) is 18.2 Å². The summed E-state index contributed by atoms with van der Waals surface area (Å²) in [7, 11) is 1.58. The molecule has 0 aliphatic rings. The third-order valence-electron chi connectivity index (χ3n) is 3.01. The van der Waals surface area contributed by atoms with E-state index >= 15 is 0 Å². The summed E-state index contributed by atoms with van der Waals surface area (Å²) < 4.78 is 13.1. The molecule has 0 fully saturated rings. The largest absolute Gasteiger partial charge is 0.478 e. The molecule has 2 rings (SSSR count). The number of hydrogen-bond acceptors (Lipinski definition) is 2. The van der Waals surface area contributed by atoms with Crippen molar-refractivity contribution in [3.05, 3.63) is 71.0 Å². The highest BCUT2D eigenvalue weighted by Crippen LogP contribution is 2.11. The average molecular weight is 287 g/mol. The van der Waals surface area contributed by atoms with E-state index in [1.54, 1.807) is 25.2 Å². The van der Waals surface area contributed by atoms with Crippen LogP contribution in [0.3, 0.4) is 0 Å². The summed E-state index contributed by atoms with van der Waals surface area (Å²) in [5, 5.41) is 8.93. The number of carboxylic acids is 1. The summed E-state index contributed by atoms with van der Waals surface area (Å²) in [6.45, 7) is 0.244. The molecule has 0 unspecified atom stereocenters. The molecule has 0 heterocycles. The van der Waals surface area contributed by atoms with Gasteiger partial charge in [-0.2, -0.15) is 0 Å². The van der Waals surface area contributed by atoms with Crippen molar-refractivity contribution in [1.29, 1.82) is 0 Å². The van der Waals surface area contributed by atoms with Gasteiger partial charge < -0.3 is 10.0 Å². The third-order valence-corrected chi connectivity index (χ3v) is 3.01. The molecule has 0 saturated heterocycles. The van der Waals surface area contributed by atoms with Crippen molar-refractivity contribution < 1.29 is 19.1 Å². The number of halogens is 1. The number of benzene rings is 2. The smallest absolute Gasteiger partial charge is 0.335 e. The molecule has 0 spiro atoms. The molecule has 1 N–H and O–H groups in total. The van der Waals surface area contributed by atoms with E-state index in [1.807, 2.05) is 0 Å². The third kappa shape index (κ3) is 3.66. The summed E-state index contributed by atoms with van der Waals surface area (Å²) in [5.74, 6) is -1.76. The molecule has 0 saturated carbocycles. The van der Waals surface area contributed by atoms with Crippen LogP contribution in [0.4, 0.5) is 4.39 Å². The van der Waals surface area contributed by atoms with Crippen LogP contribution in [-0.2, 0) is 6.54 Å². The maximum atomic E-state index is 13.1. The molecule has 108 valence electrons. The summed E-state index contributed by atoms with van der Waals surface area (Å²) >= 11 is 0. The van der Waals surface area contributed by atoms with E-state index in [9.17, 15) is 14.0 Å². The predicted molar refractivity (Wildman–Crippen MR) is 75.6 cm³/mol. The Morgan fingerprint density at radius 3 is 2.43 bits per heavy atom. The van der Waals surface area contributed by atoms with E-state index in [4.69, 9.17) is 5.11 Å². The second-order valence-corrected chi connectivity index (χ2v) is 4.68. The molecular formula is C16H14FNO3. The van der Waals surface area contributed by atoms with Gasteiger partial charge in [-0.3, -0.25) is 4.79 Å². The van der Waals surface area contributed by atoms with E-state index in [-0.39, 0.29) is 29.4 Å². The number of nitrogens with zero attached hydrogens (tertiary/aromatic N) is 1. The zero-order valence-corrected chi connectivity index (χ0v) is 11.4. The van der Waals surface area contributed by atoms with Crippen LogP contribution in [-0.4, -0.2) is 28.9 Å². The lowest BCUT2D eigenvalue weighted by molar-refractivity contribution is 0.0697. The molecule has 4 nitrogen and oxygen atoms in total. The number of carboxylic acid groups (broad SMARTS) is 1. The Kier molecular flexibility index (Phi) is 4.33. The molecule has 0 aromatic heterocycles. The lowest BCUT2D eigenvalue weighted by Crippen LogP contribution is -2.26. The van der Waals surface area contributed by atoms with Crippen LogP contribution in [0.25, 0.3) is 0 Å². The molecule has 21 heavy (non-hydrogen) atoms. The van der Waals surface area contributed by atoms with Crippen LogP contribution in [0.5, 0.6) is 0 Å². The fraction of sp³-hybridized carbons (Fsp3) is 0.125. The van der Waals surface area contributed by atoms with E-state index in [2.05, 4.69) is 0 Å².